The van der Waals surface area contributed by atoms with E-state index in [1.807, 2.05) is 30.3 Å². The largest absolute Gasteiger partial charge is 0.466 e. The number of hydrazone groups is 1. The molecule has 1 saturated heterocycles. The van der Waals surface area contributed by atoms with Crippen LogP contribution in [0, 0.1) is 6.92 Å². The fourth-order valence-corrected chi connectivity index (χ4v) is 5.85. The van der Waals surface area contributed by atoms with Gasteiger partial charge in [-0.25, -0.2) is 17.7 Å². The second-order valence-electron chi connectivity index (χ2n) is 8.34. The monoisotopic (exact) mass is 445 g/mol. The number of hydrogen-bond donors (Lipinski definition) is 0. The zero-order chi connectivity index (χ0) is 21.1. The van der Waals surface area contributed by atoms with Crippen molar-refractivity contribution in [3.8, 4) is 5.75 Å². The lowest BCUT2D eigenvalue weighted by Crippen LogP contribution is -2.59. The SMILES string of the molecule is Cc1ccc2c(c1)[C@@H]1CC(c3ccccc3Cl)=NN1C1(CCN(S(C)(=O)=O)CC1)O2. The molecule has 1 spiro atoms. The molecule has 1 atom stereocenters. The molecule has 2 aromatic rings. The van der Waals surface area contributed by atoms with Gasteiger partial charge in [-0.1, -0.05) is 47.5 Å². The lowest BCUT2D eigenvalue weighted by atomic mass is 9.90. The minimum absolute atomic E-state index is 0.0460. The molecule has 3 heterocycles. The molecule has 8 heteroatoms. The van der Waals surface area contributed by atoms with Crippen LogP contribution in [0.3, 0.4) is 0 Å². The van der Waals surface area contributed by atoms with Crippen LogP contribution in [0.5, 0.6) is 5.75 Å². The van der Waals surface area contributed by atoms with Gasteiger partial charge in [-0.05, 0) is 19.1 Å². The van der Waals surface area contributed by atoms with E-state index in [-0.39, 0.29) is 6.04 Å². The summed E-state index contributed by atoms with van der Waals surface area (Å²) < 4.78 is 32.1. The molecule has 0 amide bonds. The van der Waals surface area contributed by atoms with Gasteiger partial charge >= 0.3 is 0 Å². The number of sulfonamides is 1. The van der Waals surface area contributed by atoms with Crippen LogP contribution in [-0.2, 0) is 10.0 Å². The van der Waals surface area contributed by atoms with Crippen LogP contribution in [0.2, 0.25) is 5.02 Å². The molecule has 158 valence electrons. The van der Waals surface area contributed by atoms with Crippen LogP contribution in [-0.4, -0.2) is 48.5 Å². The Morgan fingerprint density at radius 1 is 1.17 bits per heavy atom. The fourth-order valence-electron chi connectivity index (χ4n) is 4.76. The zero-order valence-electron chi connectivity index (χ0n) is 17.0. The molecule has 0 bridgehead atoms. The van der Waals surface area contributed by atoms with Crippen molar-refractivity contribution in [2.75, 3.05) is 19.3 Å². The predicted molar refractivity (Wildman–Crippen MR) is 117 cm³/mol. The third kappa shape index (κ3) is 3.20. The molecule has 0 saturated carbocycles. The maximum Gasteiger partial charge on any atom is 0.211 e. The number of halogens is 1. The van der Waals surface area contributed by atoms with Crippen molar-refractivity contribution in [3.63, 3.8) is 0 Å². The third-order valence-electron chi connectivity index (χ3n) is 6.31. The molecule has 0 aliphatic carbocycles. The first-order valence-corrected chi connectivity index (χ1v) is 12.4. The fraction of sp³-hybridized carbons (Fsp3) is 0.409. The summed E-state index contributed by atoms with van der Waals surface area (Å²) in [5, 5.41) is 7.77. The Morgan fingerprint density at radius 2 is 1.90 bits per heavy atom. The van der Waals surface area contributed by atoms with E-state index in [0.29, 0.717) is 31.0 Å². The van der Waals surface area contributed by atoms with Crippen molar-refractivity contribution < 1.29 is 13.2 Å². The maximum atomic E-state index is 12.0. The number of benzene rings is 2. The average Bonchev–Trinajstić information content (AvgIpc) is 3.15. The Balaban J connectivity index is 1.57. The normalized spacial score (nSPS) is 23.0. The van der Waals surface area contributed by atoms with Crippen LogP contribution in [0.1, 0.15) is 42.0 Å². The van der Waals surface area contributed by atoms with Gasteiger partial charge in [0.1, 0.15) is 5.75 Å². The summed E-state index contributed by atoms with van der Waals surface area (Å²) in [6.07, 6.45) is 3.12. The van der Waals surface area contributed by atoms with Crippen LogP contribution >= 0.6 is 11.6 Å². The molecule has 1 fully saturated rings. The van der Waals surface area contributed by atoms with E-state index < -0.39 is 15.7 Å². The van der Waals surface area contributed by atoms with E-state index in [2.05, 4.69) is 24.1 Å². The van der Waals surface area contributed by atoms with E-state index in [1.165, 1.54) is 16.1 Å². The summed E-state index contributed by atoms with van der Waals surface area (Å²) in [4.78, 5) is 0. The van der Waals surface area contributed by atoms with Crippen molar-refractivity contribution in [2.24, 2.45) is 5.10 Å². The van der Waals surface area contributed by atoms with E-state index in [0.717, 1.165) is 29.0 Å². The van der Waals surface area contributed by atoms with E-state index in [4.69, 9.17) is 21.4 Å². The van der Waals surface area contributed by atoms with Crippen LogP contribution in [0.4, 0.5) is 0 Å². The van der Waals surface area contributed by atoms with Gasteiger partial charge in [0.05, 0.1) is 18.0 Å². The topological polar surface area (TPSA) is 62.2 Å². The van der Waals surface area contributed by atoms with Crippen LogP contribution < -0.4 is 4.74 Å². The van der Waals surface area contributed by atoms with E-state index >= 15 is 0 Å². The molecule has 0 radical (unpaired) electrons. The molecule has 0 N–H and O–H groups in total. The third-order valence-corrected chi connectivity index (χ3v) is 7.94. The molecule has 5 rings (SSSR count). The minimum atomic E-state index is -3.22. The Bertz CT molecular complexity index is 1140. The Labute approximate surface area is 182 Å². The van der Waals surface area contributed by atoms with Gasteiger partial charge < -0.3 is 4.74 Å². The van der Waals surface area contributed by atoms with Gasteiger partial charge in [-0.2, -0.15) is 5.10 Å². The summed E-state index contributed by atoms with van der Waals surface area (Å²) in [5.41, 5.74) is 3.51. The van der Waals surface area contributed by atoms with E-state index in [1.54, 1.807) is 0 Å². The second-order valence-corrected chi connectivity index (χ2v) is 10.7. The van der Waals surface area contributed by atoms with Crippen molar-refractivity contribution in [3.05, 3.63) is 64.2 Å². The first-order valence-electron chi connectivity index (χ1n) is 10.1. The number of piperidine rings is 1. The molecular weight excluding hydrogens is 422 g/mol. The van der Waals surface area contributed by atoms with Crippen LogP contribution in [0.15, 0.2) is 47.6 Å². The van der Waals surface area contributed by atoms with Gasteiger partial charge in [-0.3, -0.25) is 0 Å². The molecule has 2 aromatic carbocycles. The molecular formula is C22H24ClN3O3S. The molecule has 3 aliphatic rings. The summed E-state index contributed by atoms with van der Waals surface area (Å²) in [6.45, 7) is 2.91. The molecule has 0 unspecified atom stereocenters. The van der Waals surface area contributed by atoms with Gasteiger partial charge in [0, 0.05) is 48.5 Å². The lowest BCUT2D eigenvalue weighted by molar-refractivity contribution is -0.143. The Hall–Kier alpha value is -2.09. The standard InChI is InChI=1S/C22H24ClN3O3S/c1-15-7-8-21-17(13-15)20-14-19(16-5-3-4-6-18(16)23)24-26(20)22(29-21)9-11-25(12-10-22)30(2,27)28/h3-8,13,20H,9-12,14H2,1-2H3/t20-/m0/s1. The second kappa shape index (κ2) is 6.97. The number of rotatable bonds is 2. The van der Waals surface area contributed by atoms with Crippen molar-refractivity contribution in [1.29, 1.82) is 0 Å². The summed E-state index contributed by atoms with van der Waals surface area (Å²) in [7, 11) is -3.22. The summed E-state index contributed by atoms with van der Waals surface area (Å²) >= 11 is 6.47. The van der Waals surface area contributed by atoms with Crippen molar-refractivity contribution in [2.45, 2.75) is 38.0 Å². The molecule has 6 nitrogen and oxygen atoms in total. The maximum absolute atomic E-state index is 12.0. The molecule has 30 heavy (non-hydrogen) atoms. The number of ether oxygens (including phenoxy) is 1. The summed E-state index contributed by atoms with van der Waals surface area (Å²) in [6, 6.07) is 14.1. The molecule has 3 aliphatic heterocycles. The average molecular weight is 446 g/mol. The minimum Gasteiger partial charge on any atom is -0.466 e. The number of fused-ring (bicyclic) bond motifs is 4. The summed E-state index contributed by atoms with van der Waals surface area (Å²) in [5.74, 6) is 0.866. The Morgan fingerprint density at radius 3 is 2.60 bits per heavy atom. The number of aryl methyl sites for hydroxylation is 1. The van der Waals surface area contributed by atoms with Crippen molar-refractivity contribution >= 4 is 27.3 Å². The van der Waals surface area contributed by atoms with Gasteiger partial charge in [0.25, 0.3) is 0 Å². The van der Waals surface area contributed by atoms with Gasteiger partial charge in [0.2, 0.25) is 15.7 Å². The number of hydrogen-bond acceptors (Lipinski definition) is 5. The first-order chi connectivity index (χ1) is 14.3. The highest BCUT2D eigenvalue weighted by atomic mass is 35.5. The van der Waals surface area contributed by atoms with E-state index in [9.17, 15) is 8.42 Å². The zero-order valence-corrected chi connectivity index (χ0v) is 18.6. The highest BCUT2D eigenvalue weighted by Crippen LogP contribution is 2.50. The highest BCUT2D eigenvalue weighted by molar-refractivity contribution is 7.88. The van der Waals surface area contributed by atoms with Gasteiger partial charge in [-0.15, -0.1) is 0 Å². The highest BCUT2D eigenvalue weighted by Gasteiger charge is 2.52. The van der Waals surface area contributed by atoms with Crippen molar-refractivity contribution in [1.82, 2.24) is 9.31 Å². The smallest absolute Gasteiger partial charge is 0.211 e. The first kappa shape index (κ1) is 19.8. The van der Waals surface area contributed by atoms with Crippen LogP contribution in [0.25, 0.3) is 0 Å². The quantitative estimate of drug-likeness (QED) is 0.702. The Kier molecular flexibility index (Phi) is 4.61. The van der Waals surface area contributed by atoms with Gasteiger partial charge in [0.15, 0.2) is 0 Å². The predicted octanol–water partition coefficient (Wildman–Crippen LogP) is 3.94. The number of nitrogens with zero attached hydrogens (tertiary/aromatic N) is 3. The molecule has 0 aromatic heterocycles. The lowest BCUT2D eigenvalue weighted by Gasteiger charge is -2.50.